The average Bonchev–Trinajstić information content (AvgIpc) is 3.09. The third-order valence-corrected chi connectivity index (χ3v) is 3.28. The van der Waals surface area contributed by atoms with Gasteiger partial charge in [-0.15, -0.1) is 10.2 Å². The molecule has 1 amide bonds. The molecule has 1 fully saturated rings. The van der Waals surface area contributed by atoms with Gasteiger partial charge in [-0.05, 0) is 17.3 Å². The molecule has 2 atom stereocenters. The highest BCUT2D eigenvalue weighted by Crippen LogP contribution is 2.17. The first kappa shape index (κ1) is 12.7. The first-order valence-electron chi connectivity index (χ1n) is 6.14. The van der Waals surface area contributed by atoms with Crippen molar-refractivity contribution in [2.45, 2.75) is 12.2 Å². The van der Waals surface area contributed by atoms with Crippen LogP contribution in [-0.4, -0.2) is 66.9 Å². The van der Waals surface area contributed by atoms with Crippen LogP contribution in [-0.2, 0) is 0 Å². The highest BCUT2D eigenvalue weighted by molar-refractivity contribution is 5.94. The van der Waals surface area contributed by atoms with Crippen LogP contribution in [0.4, 0.5) is 0 Å². The Morgan fingerprint density at radius 3 is 2.40 bits per heavy atom. The van der Waals surface area contributed by atoms with E-state index in [4.69, 9.17) is 0 Å². The lowest BCUT2D eigenvalue weighted by Gasteiger charge is -2.15. The van der Waals surface area contributed by atoms with E-state index in [0.29, 0.717) is 11.4 Å². The maximum absolute atomic E-state index is 12.2. The Hall–Kier alpha value is -2.32. The number of aliphatic hydroxyl groups excluding tert-OH is 2. The van der Waals surface area contributed by atoms with Crippen molar-refractivity contribution in [1.82, 2.24) is 25.5 Å². The van der Waals surface area contributed by atoms with Crippen molar-refractivity contribution in [3.8, 4) is 11.4 Å². The molecule has 3 N–H and O–H groups in total. The van der Waals surface area contributed by atoms with Crippen LogP contribution in [0.15, 0.2) is 24.3 Å². The van der Waals surface area contributed by atoms with Crippen LogP contribution in [0.5, 0.6) is 0 Å². The zero-order chi connectivity index (χ0) is 14.1. The minimum Gasteiger partial charge on any atom is -0.388 e. The number of β-amino-alcohol motifs (C(OH)–C–C–N with tert-alkyl or cyclic N) is 2. The molecule has 0 radical (unpaired) electrons. The first-order chi connectivity index (χ1) is 9.65. The van der Waals surface area contributed by atoms with Crippen molar-refractivity contribution >= 4 is 5.91 Å². The van der Waals surface area contributed by atoms with Gasteiger partial charge in [-0.2, -0.15) is 5.21 Å². The molecule has 0 aliphatic carbocycles. The monoisotopic (exact) mass is 275 g/mol. The molecule has 0 bridgehead atoms. The Morgan fingerprint density at radius 2 is 1.85 bits per heavy atom. The number of carbonyl (C=O) groups excluding carboxylic acids is 1. The number of tetrazole rings is 1. The van der Waals surface area contributed by atoms with Gasteiger partial charge in [0.15, 0.2) is 0 Å². The Kier molecular flexibility index (Phi) is 3.17. The molecule has 0 spiro atoms. The number of nitrogens with one attached hydrogen (secondary N) is 1. The van der Waals surface area contributed by atoms with E-state index in [1.54, 1.807) is 24.3 Å². The van der Waals surface area contributed by atoms with E-state index in [1.807, 2.05) is 0 Å². The zero-order valence-corrected chi connectivity index (χ0v) is 10.5. The number of hydrogen-bond acceptors (Lipinski definition) is 6. The average molecular weight is 275 g/mol. The Balaban J connectivity index is 1.76. The highest BCUT2D eigenvalue weighted by Gasteiger charge is 2.32. The summed E-state index contributed by atoms with van der Waals surface area (Å²) in [6.07, 6.45) is -1.75. The minimum atomic E-state index is -0.877. The van der Waals surface area contributed by atoms with Crippen molar-refractivity contribution in [2.75, 3.05) is 13.1 Å². The normalized spacial score (nSPS) is 22.2. The summed E-state index contributed by atoms with van der Waals surface area (Å²) in [6, 6.07) is 6.76. The molecule has 0 saturated carbocycles. The molecular formula is C12H13N5O3. The van der Waals surface area contributed by atoms with Gasteiger partial charge in [0.1, 0.15) is 0 Å². The van der Waals surface area contributed by atoms with Gasteiger partial charge in [0.25, 0.3) is 5.91 Å². The summed E-state index contributed by atoms with van der Waals surface area (Å²) in [4.78, 5) is 13.6. The molecule has 0 unspecified atom stereocenters. The topological polar surface area (TPSA) is 115 Å². The number of H-pyrrole nitrogens is 1. The molecule has 8 heteroatoms. The number of carbonyl (C=O) groups is 1. The summed E-state index contributed by atoms with van der Waals surface area (Å²) in [6.45, 7) is 0.291. The molecule has 20 heavy (non-hydrogen) atoms. The third kappa shape index (κ3) is 2.26. The smallest absolute Gasteiger partial charge is 0.254 e. The van der Waals surface area contributed by atoms with Crippen molar-refractivity contribution < 1.29 is 15.0 Å². The summed E-state index contributed by atoms with van der Waals surface area (Å²) >= 11 is 0. The van der Waals surface area contributed by atoms with Crippen molar-refractivity contribution in [3.63, 3.8) is 0 Å². The number of aromatic amines is 1. The van der Waals surface area contributed by atoms with Gasteiger partial charge >= 0.3 is 0 Å². The molecule has 1 aliphatic rings. The molecule has 1 saturated heterocycles. The molecule has 1 aromatic heterocycles. The van der Waals surface area contributed by atoms with Crippen LogP contribution in [0.25, 0.3) is 11.4 Å². The lowest BCUT2D eigenvalue weighted by Crippen LogP contribution is -2.29. The second kappa shape index (κ2) is 4.99. The van der Waals surface area contributed by atoms with Gasteiger partial charge in [0.05, 0.1) is 12.2 Å². The van der Waals surface area contributed by atoms with Crippen LogP contribution in [0.2, 0.25) is 0 Å². The quantitative estimate of drug-likeness (QED) is 0.650. The Morgan fingerprint density at radius 1 is 1.20 bits per heavy atom. The predicted octanol–water partition coefficient (Wildman–Crippen LogP) is -0.956. The van der Waals surface area contributed by atoms with Gasteiger partial charge in [-0.3, -0.25) is 4.79 Å². The lowest BCUT2D eigenvalue weighted by molar-refractivity contribution is 0.0572. The van der Waals surface area contributed by atoms with E-state index in [9.17, 15) is 15.0 Å². The van der Waals surface area contributed by atoms with Gasteiger partial charge in [0, 0.05) is 24.2 Å². The van der Waals surface area contributed by atoms with Crippen LogP contribution in [0.1, 0.15) is 10.4 Å². The van der Waals surface area contributed by atoms with E-state index in [0.717, 1.165) is 5.56 Å². The fourth-order valence-electron chi connectivity index (χ4n) is 2.16. The fourth-order valence-corrected chi connectivity index (χ4v) is 2.16. The van der Waals surface area contributed by atoms with Gasteiger partial charge in [0.2, 0.25) is 5.82 Å². The number of likely N-dealkylation sites (tertiary alicyclic amines) is 1. The second-order valence-electron chi connectivity index (χ2n) is 4.66. The largest absolute Gasteiger partial charge is 0.388 e. The zero-order valence-electron chi connectivity index (χ0n) is 10.5. The van der Waals surface area contributed by atoms with Crippen molar-refractivity contribution in [3.05, 3.63) is 29.8 Å². The lowest BCUT2D eigenvalue weighted by atomic mass is 10.1. The molecule has 2 aromatic rings. The third-order valence-electron chi connectivity index (χ3n) is 3.28. The summed E-state index contributed by atoms with van der Waals surface area (Å²) in [5, 5.41) is 32.5. The summed E-state index contributed by atoms with van der Waals surface area (Å²) in [5.74, 6) is 0.233. The molecule has 3 rings (SSSR count). The predicted molar refractivity (Wildman–Crippen MR) is 67.5 cm³/mol. The molecule has 1 aromatic carbocycles. The van der Waals surface area contributed by atoms with Gasteiger partial charge in [-0.25, -0.2) is 0 Å². The number of rotatable bonds is 2. The van der Waals surface area contributed by atoms with Crippen LogP contribution in [0.3, 0.4) is 0 Å². The SMILES string of the molecule is O=C(c1ccc(-c2nn[nH]n2)cc1)N1C[C@@H](O)[C@@H](O)C1. The number of aliphatic hydroxyl groups is 2. The van der Waals surface area contributed by atoms with E-state index in [1.165, 1.54) is 4.90 Å². The maximum atomic E-state index is 12.2. The second-order valence-corrected chi connectivity index (χ2v) is 4.66. The molecule has 104 valence electrons. The van der Waals surface area contributed by atoms with Gasteiger partial charge < -0.3 is 15.1 Å². The fraction of sp³-hybridized carbons (Fsp3) is 0.333. The number of benzene rings is 1. The van der Waals surface area contributed by atoms with Crippen molar-refractivity contribution in [1.29, 1.82) is 0 Å². The van der Waals surface area contributed by atoms with E-state index in [-0.39, 0.29) is 19.0 Å². The molecule has 8 nitrogen and oxygen atoms in total. The van der Waals surface area contributed by atoms with Crippen LogP contribution in [0, 0.1) is 0 Å². The van der Waals surface area contributed by atoms with Crippen LogP contribution < -0.4 is 0 Å². The standard InChI is InChI=1S/C12H13N5O3/c18-9-5-17(6-10(9)19)12(20)8-3-1-7(2-4-8)11-13-15-16-14-11/h1-4,9-10,18-19H,5-6H2,(H,13,14,15,16)/t9-,10+. The number of nitrogens with zero attached hydrogens (tertiary/aromatic N) is 4. The van der Waals surface area contributed by atoms with E-state index in [2.05, 4.69) is 20.6 Å². The first-order valence-corrected chi connectivity index (χ1v) is 6.14. The summed E-state index contributed by atoms with van der Waals surface area (Å²) < 4.78 is 0. The Labute approximate surface area is 114 Å². The number of hydrogen-bond donors (Lipinski definition) is 3. The molecule has 2 heterocycles. The van der Waals surface area contributed by atoms with Gasteiger partial charge in [-0.1, -0.05) is 12.1 Å². The highest BCUT2D eigenvalue weighted by atomic mass is 16.3. The Bertz CT molecular complexity index is 588. The van der Waals surface area contributed by atoms with E-state index >= 15 is 0 Å². The van der Waals surface area contributed by atoms with Crippen LogP contribution >= 0.6 is 0 Å². The summed E-state index contributed by atoms with van der Waals surface area (Å²) in [5.41, 5.74) is 1.23. The van der Waals surface area contributed by atoms with Crippen molar-refractivity contribution in [2.24, 2.45) is 0 Å². The number of aromatic nitrogens is 4. The number of amides is 1. The maximum Gasteiger partial charge on any atom is 0.254 e. The van der Waals surface area contributed by atoms with E-state index < -0.39 is 12.2 Å². The summed E-state index contributed by atoms with van der Waals surface area (Å²) in [7, 11) is 0. The molecule has 1 aliphatic heterocycles. The minimum absolute atomic E-state index is 0.145. The molecular weight excluding hydrogens is 262 g/mol.